The van der Waals surface area contributed by atoms with Crippen LogP contribution in [0.25, 0.3) is 10.2 Å². The van der Waals surface area contributed by atoms with Gasteiger partial charge in [0.05, 0.1) is 20.8 Å². The van der Waals surface area contributed by atoms with Gasteiger partial charge in [-0.3, -0.25) is 0 Å². The normalized spacial score (nSPS) is 10.8. The molecule has 1 heterocycles. The molecule has 2 aromatic carbocycles. The van der Waals surface area contributed by atoms with Crippen molar-refractivity contribution < 1.29 is 9.90 Å². The van der Waals surface area contributed by atoms with Crippen LogP contribution in [0.5, 0.6) is 0 Å². The van der Waals surface area contributed by atoms with E-state index in [1.807, 2.05) is 43.3 Å². The van der Waals surface area contributed by atoms with Gasteiger partial charge < -0.3 is 5.11 Å². The monoisotopic (exact) mass is 283 g/mol. The van der Waals surface area contributed by atoms with E-state index in [0.717, 1.165) is 26.4 Å². The van der Waals surface area contributed by atoms with Crippen molar-refractivity contribution in [3.8, 4) is 0 Å². The summed E-state index contributed by atoms with van der Waals surface area (Å²) in [6, 6.07) is 13.4. The lowest BCUT2D eigenvalue weighted by molar-refractivity contribution is 0.0696. The summed E-state index contributed by atoms with van der Waals surface area (Å²) >= 11 is 1.61. The number of carboxylic acids is 1. The predicted octanol–water partition coefficient (Wildman–Crippen LogP) is 3.89. The van der Waals surface area contributed by atoms with Gasteiger partial charge in [0.15, 0.2) is 0 Å². The fourth-order valence-corrected chi connectivity index (χ4v) is 3.23. The number of aryl methyl sites for hydroxylation is 1. The highest BCUT2D eigenvalue weighted by Crippen LogP contribution is 2.25. The Hall–Kier alpha value is -2.20. The number of fused-ring (bicyclic) bond motifs is 1. The number of rotatable bonds is 3. The highest BCUT2D eigenvalue weighted by molar-refractivity contribution is 7.18. The van der Waals surface area contributed by atoms with Crippen molar-refractivity contribution in [1.82, 2.24) is 4.98 Å². The van der Waals surface area contributed by atoms with E-state index in [1.54, 1.807) is 17.4 Å². The highest BCUT2D eigenvalue weighted by atomic mass is 32.1. The van der Waals surface area contributed by atoms with E-state index in [1.165, 1.54) is 0 Å². The number of benzene rings is 2. The molecule has 100 valence electrons. The van der Waals surface area contributed by atoms with Gasteiger partial charge in [0.2, 0.25) is 0 Å². The molecule has 0 saturated carbocycles. The second kappa shape index (κ2) is 5.06. The Morgan fingerprint density at radius 1 is 1.25 bits per heavy atom. The Labute approximate surface area is 120 Å². The Morgan fingerprint density at radius 3 is 2.80 bits per heavy atom. The first-order chi connectivity index (χ1) is 9.63. The third-order valence-corrected chi connectivity index (χ3v) is 4.21. The van der Waals surface area contributed by atoms with E-state index in [4.69, 9.17) is 0 Å². The maximum atomic E-state index is 11.3. The number of hydrogen-bond acceptors (Lipinski definition) is 3. The van der Waals surface area contributed by atoms with Gasteiger partial charge >= 0.3 is 5.97 Å². The van der Waals surface area contributed by atoms with Gasteiger partial charge in [0.25, 0.3) is 0 Å². The zero-order valence-corrected chi connectivity index (χ0v) is 11.8. The molecule has 3 rings (SSSR count). The molecule has 0 aliphatic carbocycles. The maximum absolute atomic E-state index is 11.3. The molecule has 4 heteroatoms. The molecule has 0 bridgehead atoms. The van der Waals surface area contributed by atoms with Crippen molar-refractivity contribution in [2.45, 2.75) is 13.3 Å². The molecule has 3 aromatic rings. The van der Waals surface area contributed by atoms with Crippen LogP contribution in [0.4, 0.5) is 0 Å². The maximum Gasteiger partial charge on any atom is 0.335 e. The number of aromatic nitrogens is 1. The number of para-hydroxylation sites is 1. The molecular weight excluding hydrogens is 270 g/mol. The van der Waals surface area contributed by atoms with Crippen LogP contribution in [0.3, 0.4) is 0 Å². The number of carbonyl (C=O) groups is 1. The van der Waals surface area contributed by atoms with Gasteiger partial charge in [-0.1, -0.05) is 29.8 Å². The molecule has 0 unspecified atom stereocenters. The molecule has 1 N–H and O–H groups in total. The summed E-state index contributed by atoms with van der Waals surface area (Å²) in [5, 5.41) is 10.2. The first kappa shape index (κ1) is 12.8. The van der Waals surface area contributed by atoms with Crippen LogP contribution in [0.2, 0.25) is 0 Å². The lowest BCUT2D eigenvalue weighted by atomic mass is 10.0. The van der Waals surface area contributed by atoms with Crippen LogP contribution >= 0.6 is 11.3 Å². The first-order valence-electron chi connectivity index (χ1n) is 6.31. The highest BCUT2D eigenvalue weighted by Gasteiger charge is 2.12. The largest absolute Gasteiger partial charge is 0.478 e. The van der Waals surface area contributed by atoms with Crippen LogP contribution in [0, 0.1) is 6.92 Å². The van der Waals surface area contributed by atoms with E-state index < -0.39 is 5.97 Å². The zero-order valence-electron chi connectivity index (χ0n) is 11.0. The molecule has 0 aliphatic heterocycles. The lowest BCUT2D eigenvalue weighted by Crippen LogP contribution is -2.03. The molecule has 0 atom stereocenters. The van der Waals surface area contributed by atoms with Gasteiger partial charge in [0.1, 0.15) is 0 Å². The standard InChI is InChI=1S/C16H13NO2S/c1-10-6-7-12(16(18)19)11(8-10)9-15-17-13-4-2-3-5-14(13)20-15/h2-8H,9H2,1H3,(H,18,19). The fourth-order valence-electron chi connectivity index (χ4n) is 2.24. The second-order valence-corrected chi connectivity index (χ2v) is 5.83. The summed E-state index contributed by atoms with van der Waals surface area (Å²) < 4.78 is 1.13. The second-order valence-electron chi connectivity index (χ2n) is 4.72. The Morgan fingerprint density at radius 2 is 2.05 bits per heavy atom. The van der Waals surface area contributed by atoms with Crippen molar-refractivity contribution in [3.05, 3.63) is 64.2 Å². The lowest BCUT2D eigenvalue weighted by Gasteiger charge is -2.05. The summed E-state index contributed by atoms with van der Waals surface area (Å²) in [5.41, 5.74) is 3.20. The Balaban J connectivity index is 2.01. The molecule has 0 aliphatic rings. The fraction of sp³-hybridized carbons (Fsp3) is 0.125. The predicted molar refractivity (Wildman–Crippen MR) is 80.6 cm³/mol. The van der Waals surface area contributed by atoms with E-state index in [-0.39, 0.29) is 0 Å². The van der Waals surface area contributed by atoms with Crippen molar-refractivity contribution >= 4 is 27.5 Å². The third-order valence-electron chi connectivity index (χ3n) is 3.17. The number of hydrogen-bond donors (Lipinski definition) is 1. The van der Waals surface area contributed by atoms with Crippen LogP contribution < -0.4 is 0 Å². The number of carboxylic acid groups (broad SMARTS) is 1. The molecule has 20 heavy (non-hydrogen) atoms. The molecule has 0 amide bonds. The topological polar surface area (TPSA) is 50.2 Å². The quantitative estimate of drug-likeness (QED) is 0.793. The minimum atomic E-state index is -0.888. The Kier molecular flexibility index (Phi) is 3.24. The van der Waals surface area contributed by atoms with Crippen molar-refractivity contribution in [1.29, 1.82) is 0 Å². The minimum Gasteiger partial charge on any atom is -0.478 e. The van der Waals surface area contributed by atoms with Crippen LogP contribution in [-0.4, -0.2) is 16.1 Å². The van der Waals surface area contributed by atoms with Crippen molar-refractivity contribution in [2.24, 2.45) is 0 Å². The SMILES string of the molecule is Cc1ccc(C(=O)O)c(Cc2nc3ccccc3s2)c1. The molecule has 1 aromatic heterocycles. The Bertz CT molecular complexity index is 759. The van der Waals surface area contributed by atoms with Crippen LogP contribution in [0.15, 0.2) is 42.5 Å². The number of nitrogens with zero attached hydrogens (tertiary/aromatic N) is 1. The van der Waals surface area contributed by atoms with Gasteiger partial charge in [-0.15, -0.1) is 11.3 Å². The van der Waals surface area contributed by atoms with E-state index in [0.29, 0.717) is 12.0 Å². The molecule has 0 spiro atoms. The van der Waals surface area contributed by atoms with E-state index in [9.17, 15) is 9.90 Å². The molecule has 0 saturated heterocycles. The smallest absolute Gasteiger partial charge is 0.335 e. The molecule has 0 fully saturated rings. The number of aromatic carboxylic acids is 1. The van der Waals surface area contributed by atoms with Crippen LogP contribution in [0.1, 0.15) is 26.5 Å². The molecular formula is C16H13NO2S. The average Bonchev–Trinajstić information content (AvgIpc) is 2.80. The van der Waals surface area contributed by atoms with Gasteiger partial charge in [-0.25, -0.2) is 9.78 Å². The van der Waals surface area contributed by atoms with E-state index >= 15 is 0 Å². The summed E-state index contributed by atoms with van der Waals surface area (Å²) in [6.45, 7) is 1.97. The molecule has 3 nitrogen and oxygen atoms in total. The van der Waals surface area contributed by atoms with Gasteiger partial charge in [-0.05, 0) is 30.7 Å². The zero-order chi connectivity index (χ0) is 14.1. The van der Waals surface area contributed by atoms with E-state index in [2.05, 4.69) is 4.98 Å². The first-order valence-corrected chi connectivity index (χ1v) is 7.12. The minimum absolute atomic E-state index is 0.356. The molecule has 0 radical (unpaired) electrons. The van der Waals surface area contributed by atoms with Crippen molar-refractivity contribution in [3.63, 3.8) is 0 Å². The van der Waals surface area contributed by atoms with Gasteiger partial charge in [-0.2, -0.15) is 0 Å². The summed E-state index contributed by atoms with van der Waals surface area (Å²) in [5.74, 6) is -0.888. The van der Waals surface area contributed by atoms with Gasteiger partial charge in [0, 0.05) is 6.42 Å². The van der Waals surface area contributed by atoms with Crippen molar-refractivity contribution in [2.75, 3.05) is 0 Å². The summed E-state index contributed by atoms with van der Waals surface area (Å²) in [6.07, 6.45) is 0.558. The van der Waals surface area contributed by atoms with Crippen LogP contribution in [-0.2, 0) is 6.42 Å². The summed E-state index contributed by atoms with van der Waals surface area (Å²) in [7, 11) is 0. The summed E-state index contributed by atoms with van der Waals surface area (Å²) in [4.78, 5) is 15.8. The number of thiazole rings is 1. The third kappa shape index (κ3) is 2.42. The average molecular weight is 283 g/mol.